The maximum absolute atomic E-state index is 13.4. The first-order valence-electron chi connectivity index (χ1n) is 9.46. The van der Waals surface area contributed by atoms with Gasteiger partial charge in [-0.1, -0.05) is 12.1 Å². The minimum Gasteiger partial charge on any atom is -0.508 e. The molecule has 3 amide bonds. The van der Waals surface area contributed by atoms with E-state index in [0.29, 0.717) is 6.07 Å². The van der Waals surface area contributed by atoms with Crippen LogP contribution in [0.15, 0.2) is 42.5 Å². The molecule has 4 rings (SSSR count). The molecule has 30 heavy (non-hydrogen) atoms. The summed E-state index contributed by atoms with van der Waals surface area (Å²) in [5, 5.41) is 14.7. The molecule has 2 aromatic rings. The molecule has 2 aliphatic heterocycles. The average molecular weight is 415 g/mol. The Bertz CT molecular complexity index is 992. The Hall–Kier alpha value is -3.49. The average Bonchev–Trinajstić information content (AvgIpc) is 3.11. The second-order valence-corrected chi connectivity index (χ2v) is 7.50. The third-order valence-electron chi connectivity index (χ3n) is 5.34. The number of halogens is 2. The lowest BCUT2D eigenvalue weighted by molar-refractivity contribution is -0.147. The summed E-state index contributed by atoms with van der Waals surface area (Å²) in [6.45, 7) is 0.131. The normalized spacial score (nSPS) is 23.1. The summed E-state index contributed by atoms with van der Waals surface area (Å²) in [7, 11) is 0. The number of piperazine rings is 1. The lowest BCUT2D eigenvalue weighted by atomic mass is 10.0. The first kappa shape index (κ1) is 19.8. The molecule has 7 nitrogen and oxygen atoms in total. The molecule has 9 heteroatoms. The third kappa shape index (κ3) is 3.96. The first-order valence-corrected chi connectivity index (χ1v) is 9.46. The van der Waals surface area contributed by atoms with E-state index in [0.717, 1.165) is 17.7 Å². The highest BCUT2D eigenvalue weighted by molar-refractivity contribution is 5.98. The second kappa shape index (κ2) is 7.74. The molecule has 3 N–H and O–H groups in total. The number of rotatable bonds is 4. The van der Waals surface area contributed by atoms with E-state index in [4.69, 9.17) is 0 Å². The van der Waals surface area contributed by atoms with E-state index in [1.165, 1.54) is 17.0 Å². The van der Waals surface area contributed by atoms with Gasteiger partial charge < -0.3 is 20.6 Å². The Kier molecular flexibility index (Phi) is 5.11. The van der Waals surface area contributed by atoms with E-state index in [2.05, 4.69) is 10.6 Å². The van der Waals surface area contributed by atoms with Crippen LogP contribution in [0.2, 0.25) is 0 Å². The first-order chi connectivity index (χ1) is 14.3. The van der Waals surface area contributed by atoms with Crippen LogP contribution in [-0.2, 0) is 16.0 Å². The maximum Gasteiger partial charge on any atom is 0.251 e. The smallest absolute Gasteiger partial charge is 0.251 e. The van der Waals surface area contributed by atoms with E-state index in [-0.39, 0.29) is 42.5 Å². The highest BCUT2D eigenvalue weighted by atomic mass is 19.1. The number of hydrogen-bond donors (Lipinski definition) is 3. The van der Waals surface area contributed by atoms with Crippen molar-refractivity contribution >= 4 is 17.7 Å². The number of fused-ring (bicyclic) bond motifs is 1. The molecular weight excluding hydrogens is 396 g/mol. The van der Waals surface area contributed by atoms with E-state index in [1.54, 1.807) is 12.1 Å². The van der Waals surface area contributed by atoms with Gasteiger partial charge in [0, 0.05) is 30.6 Å². The third-order valence-corrected chi connectivity index (χ3v) is 5.34. The van der Waals surface area contributed by atoms with Crippen LogP contribution in [0, 0.1) is 11.6 Å². The van der Waals surface area contributed by atoms with Crippen molar-refractivity contribution in [1.29, 1.82) is 0 Å². The quantitative estimate of drug-likeness (QED) is 0.697. The number of benzene rings is 2. The van der Waals surface area contributed by atoms with Gasteiger partial charge in [-0.25, -0.2) is 8.78 Å². The SMILES string of the molecule is O=C(N[C@H]1C[C@H]2C(=O)N[C@H](Cc3ccc(O)cc3)C(=O)N2C1)c1cc(F)cc(F)c1. The lowest BCUT2D eigenvalue weighted by Gasteiger charge is -2.34. The number of nitrogens with one attached hydrogen (secondary N) is 2. The molecule has 0 aliphatic carbocycles. The molecule has 2 aliphatic rings. The summed E-state index contributed by atoms with van der Waals surface area (Å²) in [5.41, 5.74) is 0.612. The minimum atomic E-state index is -0.865. The van der Waals surface area contributed by atoms with Crippen LogP contribution >= 0.6 is 0 Å². The van der Waals surface area contributed by atoms with E-state index in [9.17, 15) is 28.3 Å². The number of nitrogens with zero attached hydrogens (tertiary/aromatic N) is 1. The number of aromatic hydroxyl groups is 1. The van der Waals surface area contributed by atoms with Crippen LogP contribution in [0.3, 0.4) is 0 Å². The highest BCUT2D eigenvalue weighted by Gasteiger charge is 2.46. The molecule has 0 spiro atoms. The zero-order chi connectivity index (χ0) is 21.4. The van der Waals surface area contributed by atoms with Gasteiger partial charge in [-0.15, -0.1) is 0 Å². The zero-order valence-electron chi connectivity index (χ0n) is 15.8. The van der Waals surface area contributed by atoms with E-state index in [1.807, 2.05) is 0 Å². The van der Waals surface area contributed by atoms with Crippen molar-refractivity contribution in [1.82, 2.24) is 15.5 Å². The molecule has 0 saturated carbocycles. The monoisotopic (exact) mass is 415 g/mol. The van der Waals surface area contributed by atoms with E-state index < -0.39 is 35.7 Å². The minimum absolute atomic E-state index is 0.106. The Balaban J connectivity index is 1.43. The van der Waals surface area contributed by atoms with Gasteiger partial charge >= 0.3 is 0 Å². The molecule has 0 aromatic heterocycles. The summed E-state index contributed by atoms with van der Waals surface area (Å²) in [5.74, 6) is -2.87. The fourth-order valence-electron chi connectivity index (χ4n) is 3.92. The van der Waals surface area contributed by atoms with Crippen LogP contribution < -0.4 is 10.6 Å². The molecule has 2 fully saturated rings. The summed E-state index contributed by atoms with van der Waals surface area (Å²) in [6, 6.07) is 6.90. The number of carbonyl (C=O) groups excluding carboxylic acids is 3. The summed E-state index contributed by atoms with van der Waals surface area (Å²) < 4.78 is 26.7. The fourth-order valence-corrected chi connectivity index (χ4v) is 3.92. The predicted octanol–water partition coefficient (Wildman–Crippen LogP) is 1.11. The highest BCUT2D eigenvalue weighted by Crippen LogP contribution is 2.24. The molecular formula is C21H19F2N3O4. The second-order valence-electron chi connectivity index (χ2n) is 7.50. The molecule has 0 bridgehead atoms. The van der Waals surface area contributed by atoms with Gasteiger partial charge in [0.05, 0.1) is 0 Å². The van der Waals surface area contributed by atoms with Crippen molar-refractivity contribution in [3.8, 4) is 5.75 Å². The lowest BCUT2D eigenvalue weighted by Crippen LogP contribution is -2.61. The molecule has 0 unspecified atom stereocenters. The van der Waals surface area contributed by atoms with Gasteiger partial charge in [0.1, 0.15) is 29.5 Å². The Morgan fingerprint density at radius 3 is 2.47 bits per heavy atom. The van der Waals surface area contributed by atoms with Crippen LogP contribution in [0.25, 0.3) is 0 Å². The standard InChI is InChI=1S/C21H19F2N3O4/c22-13-6-12(7-14(23)8-13)19(28)24-15-9-18-20(29)25-17(21(30)26(18)10-15)5-11-1-3-16(27)4-2-11/h1-4,6-8,15,17-18,27H,5,9-10H2,(H,24,28)(H,25,29)/t15-,17+,18-/m0/s1. The zero-order valence-corrected chi connectivity index (χ0v) is 15.8. The van der Waals surface area contributed by atoms with Crippen molar-refractivity contribution in [3.05, 3.63) is 65.2 Å². The fraction of sp³-hybridized carbons (Fsp3) is 0.286. The largest absolute Gasteiger partial charge is 0.508 e. The summed E-state index contributed by atoms with van der Waals surface area (Å²) >= 11 is 0. The number of phenolic OH excluding ortho intramolecular Hbond substituents is 1. The van der Waals surface area contributed by atoms with Gasteiger partial charge in [0.25, 0.3) is 5.91 Å². The van der Waals surface area contributed by atoms with Crippen LogP contribution in [0.5, 0.6) is 5.75 Å². The molecule has 2 heterocycles. The number of carbonyl (C=O) groups is 3. The maximum atomic E-state index is 13.4. The summed E-state index contributed by atoms with van der Waals surface area (Å²) in [6.07, 6.45) is 0.487. The summed E-state index contributed by atoms with van der Waals surface area (Å²) in [4.78, 5) is 39.1. The molecule has 2 aromatic carbocycles. The van der Waals surface area contributed by atoms with Gasteiger partial charge in [0.15, 0.2) is 0 Å². The predicted molar refractivity (Wildman–Crippen MR) is 101 cm³/mol. The molecule has 3 atom stereocenters. The Labute approximate surface area is 170 Å². The van der Waals surface area contributed by atoms with Crippen LogP contribution in [-0.4, -0.2) is 52.4 Å². The van der Waals surface area contributed by atoms with Crippen LogP contribution in [0.4, 0.5) is 8.78 Å². The van der Waals surface area contributed by atoms with E-state index >= 15 is 0 Å². The van der Waals surface area contributed by atoms with Crippen LogP contribution in [0.1, 0.15) is 22.3 Å². The van der Waals surface area contributed by atoms with Crippen molar-refractivity contribution in [2.45, 2.75) is 31.0 Å². The van der Waals surface area contributed by atoms with Gasteiger partial charge in [-0.3, -0.25) is 14.4 Å². The van der Waals surface area contributed by atoms with Gasteiger partial charge in [-0.05, 0) is 36.2 Å². The Morgan fingerprint density at radius 1 is 1.13 bits per heavy atom. The van der Waals surface area contributed by atoms with Gasteiger partial charge in [-0.2, -0.15) is 0 Å². The number of hydrogen-bond acceptors (Lipinski definition) is 4. The van der Waals surface area contributed by atoms with Crippen molar-refractivity contribution < 1.29 is 28.3 Å². The van der Waals surface area contributed by atoms with Crippen molar-refractivity contribution in [3.63, 3.8) is 0 Å². The molecule has 156 valence electrons. The van der Waals surface area contributed by atoms with Crippen molar-refractivity contribution in [2.75, 3.05) is 6.54 Å². The number of phenols is 1. The number of amides is 3. The topological polar surface area (TPSA) is 98.7 Å². The van der Waals surface area contributed by atoms with Crippen molar-refractivity contribution in [2.24, 2.45) is 0 Å². The Morgan fingerprint density at radius 2 is 1.80 bits per heavy atom. The van der Waals surface area contributed by atoms with Gasteiger partial charge in [0.2, 0.25) is 11.8 Å². The molecule has 0 radical (unpaired) electrons. The molecule has 2 saturated heterocycles.